The molecule has 0 radical (unpaired) electrons. The van der Waals surface area contributed by atoms with E-state index in [9.17, 15) is 9.18 Å². The second kappa shape index (κ2) is 5.79. The molecule has 6 heteroatoms. The Morgan fingerprint density at radius 2 is 2.05 bits per heavy atom. The largest absolute Gasteiger partial charge is 0.478 e. The van der Waals surface area contributed by atoms with Crippen molar-refractivity contribution in [1.82, 2.24) is 9.97 Å². The number of hydrogen-bond donors (Lipinski definition) is 1. The van der Waals surface area contributed by atoms with Gasteiger partial charge in [-0.2, -0.15) is 0 Å². The summed E-state index contributed by atoms with van der Waals surface area (Å²) in [5.74, 6) is -1.51. The zero-order valence-corrected chi connectivity index (χ0v) is 10.9. The van der Waals surface area contributed by atoms with Crippen LogP contribution in [0.5, 0.6) is 0 Å². The first-order valence-electron chi connectivity index (χ1n) is 5.49. The summed E-state index contributed by atoms with van der Waals surface area (Å²) in [6.07, 6.45) is 3.42. The van der Waals surface area contributed by atoms with Gasteiger partial charge in [-0.3, -0.25) is 0 Å². The van der Waals surface area contributed by atoms with Crippen molar-refractivity contribution in [3.63, 3.8) is 0 Å². The molecule has 0 aliphatic heterocycles. The quantitative estimate of drug-likeness (QED) is 0.688. The van der Waals surface area contributed by atoms with Crippen molar-refractivity contribution in [2.24, 2.45) is 0 Å². The normalized spacial score (nSPS) is 10.4. The maximum atomic E-state index is 13.5. The number of carboxylic acids is 1. The van der Waals surface area contributed by atoms with Crippen LogP contribution in [0.2, 0.25) is 0 Å². The molecule has 0 aliphatic carbocycles. The zero-order valence-electron chi connectivity index (χ0n) is 10.1. The molecule has 1 aromatic heterocycles. The number of nitrogens with zero attached hydrogens (tertiary/aromatic N) is 2. The maximum Gasteiger partial charge on any atom is 0.338 e. The van der Waals surface area contributed by atoms with Gasteiger partial charge in [-0.1, -0.05) is 17.8 Å². The number of carbonyl (C=O) groups is 1. The van der Waals surface area contributed by atoms with Crippen molar-refractivity contribution in [3.8, 4) is 0 Å². The highest BCUT2D eigenvalue weighted by Gasteiger charge is 2.10. The fraction of sp³-hybridized carbons (Fsp3) is 0.154. The van der Waals surface area contributed by atoms with E-state index in [-0.39, 0.29) is 5.56 Å². The van der Waals surface area contributed by atoms with Gasteiger partial charge >= 0.3 is 5.97 Å². The van der Waals surface area contributed by atoms with Crippen molar-refractivity contribution in [2.45, 2.75) is 17.8 Å². The molecule has 19 heavy (non-hydrogen) atoms. The van der Waals surface area contributed by atoms with Crippen LogP contribution in [0.25, 0.3) is 0 Å². The van der Waals surface area contributed by atoms with Gasteiger partial charge in [-0.05, 0) is 30.2 Å². The SMILES string of the molecule is Cc1cnc(SCc2ccc(C(=O)O)c(F)c2)nc1. The molecule has 0 saturated heterocycles. The molecular weight excluding hydrogens is 267 g/mol. The first kappa shape index (κ1) is 13.5. The van der Waals surface area contributed by atoms with Crippen LogP contribution in [0.1, 0.15) is 21.5 Å². The highest BCUT2D eigenvalue weighted by Crippen LogP contribution is 2.20. The van der Waals surface area contributed by atoms with Crippen molar-refractivity contribution in [3.05, 3.63) is 53.1 Å². The van der Waals surface area contributed by atoms with E-state index in [0.29, 0.717) is 16.5 Å². The van der Waals surface area contributed by atoms with Gasteiger partial charge in [0.2, 0.25) is 0 Å². The van der Waals surface area contributed by atoms with Crippen LogP contribution < -0.4 is 0 Å². The molecule has 0 unspecified atom stereocenters. The summed E-state index contributed by atoms with van der Waals surface area (Å²) in [5, 5.41) is 9.33. The van der Waals surface area contributed by atoms with Gasteiger partial charge < -0.3 is 5.11 Å². The Balaban J connectivity index is 2.06. The number of rotatable bonds is 4. The molecule has 4 nitrogen and oxygen atoms in total. The molecule has 0 fully saturated rings. The van der Waals surface area contributed by atoms with E-state index in [1.54, 1.807) is 18.5 Å². The number of benzene rings is 1. The highest BCUT2D eigenvalue weighted by molar-refractivity contribution is 7.98. The molecule has 0 saturated carbocycles. The molecule has 1 aromatic carbocycles. The van der Waals surface area contributed by atoms with Crippen molar-refractivity contribution in [1.29, 1.82) is 0 Å². The van der Waals surface area contributed by atoms with E-state index in [0.717, 1.165) is 5.56 Å². The Kier molecular flexibility index (Phi) is 4.11. The smallest absolute Gasteiger partial charge is 0.338 e. The third-order valence-electron chi connectivity index (χ3n) is 2.39. The molecule has 0 aliphatic rings. The fourth-order valence-corrected chi connectivity index (χ4v) is 2.15. The Bertz CT molecular complexity index is 602. The standard InChI is InChI=1S/C13H11FN2O2S/c1-8-5-15-13(16-6-8)19-7-9-2-3-10(12(17)18)11(14)4-9/h2-6H,7H2,1H3,(H,17,18). The van der Waals surface area contributed by atoms with E-state index in [1.807, 2.05) is 6.92 Å². The maximum absolute atomic E-state index is 13.5. The van der Waals surface area contributed by atoms with Crippen molar-refractivity contribution >= 4 is 17.7 Å². The van der Waals surface area contributed by atoms with Crippen molar-refractivity contribution < 1.29 is 14.3 Å². The highest BCUT2D eigenvalue weighted by atomic mass is 32.2. The van der Waals surface area contributed by atoms with E-state index in [4.69, 9.17) is 5.11 Å². The molecule has 2 aromatic rings. The number of thioether (sulfide) groups is 1. The van der Waals surface area contributed by atoms with Crippen LogP contribution in [-0.4, -0.2) is 21.0 Å². The summed E-state index contributed by atoms with van der Waals surface area (Å²) in [4.78, 5) is 18.9. The van der Waals surface area contributed by atoms with Crippen LogP contribution >= 0.6 is 11.8 Å². The summed E-state index contributed by atoms with van der Waals surface area (Å²) < 4.78 is 13.5. The molecule has 0 amide bonds. The predicted molar refractivity (Wildman–Crippen MR) is 69.7 cm³/mol. The second-order valence-electron chi connectivity index (χ2n) is 3.95. The lowest BCUT2D eigenvalue weighted by atomic mass is 10.1. The van der Waals surface area contributed by atoms with Crippen LogP contribution in [-0.2, 0) is 5.75 Å². The average Bonchev–Trinajstić information content (AvgIpc) is 2.37. The molecule has 1 heterocycles. The summed E-state index contributed by atoms with van der Waals surface area (Å²) in [6.45, 7) is 1.90. The Morgan fingerprint density at radius 1 is 1.37 bits per heavy atom. The van der Waals surface area contributed by atoms with Crippen LogP contribution in [0.3, 0.4) is 0 Å². The Hall–Kier alpha value is -1.95. The Morgan fingerprint density at radius 3 is 2.63 bits per heavy atom. The van der Waals surface area contributed by atoms with E-state index in [2.05, 4.69) is 9.97 Å². The van der Waals surface area contributed by atoms with Gasteiger partial charge in [-0.15, -0.1) is 0 Å². The number of aryl methyl sites for hydroxylation is 1. The predicted octanol–water partition coefficient (Wildman–Crippen LogP) is 2.91. The monoisotopic (exact) mass is 278 g/mol. The summed E-state index contributed by atoms with van der Waals surface area (Å²) in [7, 11) is 0. The third kappa shape index (κ3) is 3.51. The van der Waals surface area contributed by atoms with E-state index in [1.165, 1.54) is 23.9 Å². The lowest BCUT2D eigenvalue weighted by Crippen LogP contribution is -2.00. The van der Waals surface area contributed by atoms with Gasteiger partial charge in [0.25, 0.3) is 0 Å². The number of aromatic carboxylic acids is 1. The number of hydrogen-bond acceptors (Lipinski definition) is 4. The summed E-state index contributed by atoms with van der Waals surface area (Å²) in [5.41, 5.74) is 1.35. The molecule has 1 N–H and O–H groups in total. The summed E-state index contributed by atoms with van der Waals surface area (Å²) >= 11 is 1.37. The van der Waals surface area contributed by atoms with Gasteiger partial charge in [-0.25, -0.2) is 19.2 Å². The van der Waals surface area contributed by atoms with Gasteiger partial charge in [0, 0.05) is 18.1 Å². The van der Waals surface area contributed by atoms with Gasteiger partial charge in [0.15, 0.2) is 5.16 Å². The lowest BCUT2D eigenvalue weighted by Gasteiger charge is -2.03. The molecule has 0 spiro atoms. The van der Waals surface area contributed by atoms with Gasteiger partial charge in [0.1, 0.15) is 5.82 Å². The molecular formula is C13H11FN2O2S. The zero-order chi connectivity index (χ0) is 13.8. The van der Waals surface area contributed by atoms with Crippen LogP contribution in [0.4, 0.5) is 4.39 Å². The van der Waals surface area contributed by atoms with Gasteiger partial charge in [0.05, 0.1) is 5.56 Å². The lowest BCUT2D eigenvalue weighted by molar-refractivity contribution is 0.0692. The minimum atomic E-state index is -1.27. The molecule has 0 bridgehead atoms. The number of halogens is 1. The van der Waals surface area contributed by atoms with Crippen molar-refractivity contribution in [2.75, 3.05) is 0 Å². The van der Waals surface area contributed by atoms with E-state index >= 15 is 0 Å². The topological polar surface area (TPSA) is 63.1 Å². The van der Waals surface area contributed by atoms with E-state index < -0.39 is 11.8 Å². The van der Waals surface area contributed by atoms with Crippen LogP contribution in [0.15, 0.2) is 35.7 Å². The molecule has 0 atom stereocenters. The molecule has 2 rings (SSSR count). The molecule has 98 valence electrons. The first-order valence-corrected chi connectivity index (χ1v) is 6.48. The van der Waals surface area contributed by atoms with Crippen LogP contribution in [0, 0.1) is 12.7 Å². The fourth-order valence-electron chi connectivity index (χ4n) is 1.42. The number of carboxylic acid groups (broad SMARTS) is 1. The second-order valence-corrected chi connectivity index (χ2v) is 4.89. The minimum absolute atomic E-state index is 0.319. The first-order chi connectivity index (χ1) is 9.06. The minimum Gasteiger partial charge on any atom is -0.478 e. The third-order valence-corrected chi connectivity index (χ3v) is 3.34. The number of aromatic nitrogens is 2. The summed E-state index contributed by atoms with van der Waals surface area (Å²) in [6, 6.07) is 4.09. The Labute approximate surface area is 113 Å². The average molecular weight is 278 g/mol.